The second-order valence-electron chi connectivity index (χ2n) is 5.71. The van der Waals surface area contributed by atoms with E-state index in [9.17, 15) is 9.59 Å². The molecule has 120 valence electrons. The Morgan fingerprint density at radius 2 is 2.09 bits per heavy atom. The summed E-state index contributed by atoms with van der Waals surface area (Å²) in [7, 11) is 0. The Bertz CT molecular complexity index is 503. The predicted molar refractivity (Wildman–Crippen MR) is 82.5 cm³/mol. The first-order chi connectivity index (χ1) is 10.6. The van der Waals surface area contributed by atoms with Crippen molar-refractivity contribution in [2.75, 3.05) is 19.7 Å². The molecule has 22 heavy (non-hydrogen) atoms. The van der Waals surface area contributed by atoms with Crippen molar-refractivity contribution in [1.29, 1.82) is 0 Å². The number of amides is 1. The highest BCUT2D eigenvalue weighted by atomic mass is 16.5. The van der Waals surface area contributed by atoms with Crippen molar-refractivity contribution in [1.82, 2.24) is 4.90 Å². The van der Waals surface area contributed by atoms with Crippen molar-refractivity contribution in [3.8, 4) is 0 Å². The van der Waals surface area contributed by atoms with Gasteiger partial charge in [-0.3, -0.25) is 9.59 Å². The molecule has 5 nitrogen and oxygen atoms in total. The first-order valence-corrected chi connectivity index (χ1v) is 7.75. The molecule has 2 unspecified atom stereocenters. The number of aliphatic carboxylic acids is 1. The third-order valence-electron chi connectivity index (χ3n) is 4.00. The summed E-state index contributed by atoms with van der Waals surface area (Å²) in [4.78, 5) is 24.4. The molecule has 1 N–H and O–H groups in total. The maximum atomic E-state index is 11.9. The molecule has 0 saturated carbocycles. The van der Waals surface area contributed by atoms with Crippen molar-refractivity contribution in [3.63, 3.8) is 0 Å². The highest BCUT2D eigenvalue weighted by Crippen LogP contribution is 2.16. The van der Waals surface area contributed by atoms with Gasteiger partial charge in [0, 0.05) is 19.7 Å². The number of aryl methyl sites for hydroxylation is 1. The first kappa shape index (κ1) is 16.5. The molecule has 1 amide bonds. The zero-order valence-corrected chi connectivity index (χ0v) is 12.9. The van der Waals surface area contributed by atoms with Gasteiger partial charge in [0.2, 0.25) is 5.91 Å². The van der Waals surface area contributed by atoms with E-state index in [4.69, 9.17) is 9.84 Å². The van der Waals surface area contributed by atoms with Gasteiger partial charge in [0.05, 0.1) is 6.10 Å². The van der Waals surface area contributed by atoms with E-state index in [1.54, 1.807) is 4.90 Å². The summed E-state index contributed by atoms with van der Waals surface area (Å²) in [5, 5.41) is 8.88. The monoisotopic (exact) mass is 305 g/mol. The molecule has 0 spiro atoms. The Labute approximate surface area is 130 Å². The Kier molecular flexibility index (Phi) is 5.95. The SMILES string of the molecule is CC(C(=O)O)C(=O)N1CCC(OCCCc2ccccc2)C1. The lowest BCUT2D eigenvalue weighted by molar-refractivity contribution is -0.150. The summed E-state index contributed by atoms with van der Waals surface area (Å²) in [6.07, 6.45) is 2.73. The fraction of sp³-hybridized carbons (Fsp3) is 0.529. The fourth-order valence-corrected chi connectivity index (χ4v) is 2.61. The van der Waals surface area contributed by atoms with Crippen LogP contribution in [0.3, 0.4) is 0 Å². The van der Waals surface area contributed by atoms with Crippen molar-refractivity contribution in [2.45, 2.75) is 32.3 Å². The average Bonchev–Trinajstić information content (AvgIpc) is 3.00. The van der Waals surface area contributed by atoms with Crippen LogP contribution in [0.15, 0.2) is 30.3 Å². The molecule has 1 saturated heterocycles. The number of carbonyl (C=O) groups is 2. The van der Waals surface area contributed by atoms with Crippen LogP contribution in [-0.2, 0) is 20.7 Å². The van der Waals surface area contributed by atoms with E-state index in [1.165, 1.54) is 12.5 Å². The van der Waals surface area contributed by atoms with E-state index < -0.39 is 11.9 Å². The minimum absolute atomic E-state index is 0.0284. The maximum Gasteiger partial charge on any atom is 0.315 e. The summed E-state index contributed by atoms with van der Waals surface area (Å²) in [6.45, 7) is 3.18. The lowest BCUT2D eigenvalue weighted by Gasteiger charge is -2.18. The zero-order chi connectivity index (χ0) is 15.9. The average molecular weight is 305 g/mol. The number of hydrogen-bond acceptors (Lipinski definition) is 3. The summed E-state index contributed by atoms with van der Waals surface area (Å²) in [5.74, 6) is -2.36. The van der Waals surface area contributed by atoms with Crippen LogP contribution in [0.2, 0.25) is 0 Å². The van der Waals surface area contributed by atoms with E-state index in [2.05, 4.69) is 12.1 Å². The van der Waals surface area contributed by atoms with Gasteiger partial charge in [-0.2, -0.15) is 0 Å². The van der Waals surface area contributed by atoms with Gasteiger partial charge in [-0.25, -0.2) is 0 Å². The van der Waals surface area contributed by atoms with Crippen LogP contribution in [0.25, 0.3) is 0 Å². The van der Waals surface area contributed by atoms with E-state index in [0.29, 0.717) is 19.7 Å². The van der Waals surface area contributed by atoms with E-state index >= 15 is 0 Å². The molecule has 0 radical (unpaired) electrons. The minimum Gasteiger partial charge on any atom is -0.481 e. The summed E-state index contributed by atoms with van der Waals surface area (Å²) in [6, 6.07) is 10.3. The summed E-state index contributed by atoms with van der Waals surface area (Å²) < 4.78 is 5.80. The van der Waals surface area contributed by atoms with E-state index in [-0.39, 0.29) is 12.0 Å². The number of rotatable bonds is 7. The number of nitrogens with zero attached hydrogens (tertiary/aromatic N) is 1. The number of carboxylic acid groups (broad SMARTS) is 1. The van der Waals surface area contributed by atoms with Crippen LogP contribution in [0.1, 0.15) is 25.3 Å². The van der Waals surface area contributed by atoms with Gasteiger partial charge >= 0.3 is 5.97 Å². The van der Waals surface area contributed by atoms with Gasteiger partial charge in [0.25, 0.3) is 0 Å². The minimum atomic E-state index is -1.07. The molecule has 0 aromatic heterocycles. The summed E-state index contributed by atoms with van der Waals surface area (Å²) in [5.41, 5.74) is 1.30. The molecule has 0 bridgehead atoms. The Morgan fingerprint density at radius 1 is 1.36 bits per heavy atom. The first-order valence-electron chi connectivity index (χ1n) is 7.75. The quantitative estimate of drug-likeness (QED) is 0.618. The van der Waals surface area contributed by atoms with E-state index in [1.807, 2.05) is 18.2 Å². The molecule has 1 aromatic carbocycles. The smallest absolute Gasteiger partial charge is 0.315 e. The maximum absolute atomic E-state index is 11.9. The highest BCUT2D eigenvalue weighted by Gasteiger charge is 2.32. The van der Waals surface area contributed by atoms with Crippen molar-refractivity contribution < 1.29 is 19.4 Å². The van der Waals surface area contributed by atoms with Crippen LogP contribution in [0, 0.1) is 5.92 Å². The van der Waals surface area contributed by atoms with Gasteiger partial charge in [0.15, 0.2) is 0 Å². The highest BCUT2D eigenvalue weighted by molar-refractivity contribution is 5.96. The lowest BCUT2D eigenvalue weighted by atomic mass is 10.1. The van der Waals surface area contributed by atoms with Crippen molar-refractivity contribution in [3.05, 3.63) is 35.9 Å². The fourth-order valence-electron chi connectivity index (χ4n) is 2.61. The van der Waals surface area contributed by atoms with Crippen LogP contribution in [-0.4, -0.2) is 47.7 Å². The number of carbonyl (C=O) groups excluding carboxylic acids is 1. The van der Waals surface area contributed by atoms with Gasteiger partial charge in [-0.15, -0.1) is 0 Å². The molecule has 1 aromatic rings. The van der Waals surface area contributed by atoms with Crippen molar-refractivity contribution in [2.24, 2.45) is 5.92 Å². The van der Waals surface area contributed by atoms with Crippen LogP contribution in [0.4, 0.5) is 0 Å². The van der Waals surface area contributed by atoms with Crippen LogP contribution < -0.4 is 0 Å². The lowest BCUT2D eigenvalue weighted by Crippen LogP contribution is -2.37. The largest absolute Gasteiger partial charge is 0.481 e. The van der Waals surface area contributed by atoms with Crippen LogP contribution in [0.5, 0.6) is 0 Å². The van der Waals surface area contributed by atoms with Crippen LogP contribution >= 0.6 is 0 Å². The molecular weight excluding hydrogens is 282 g/mol. The number of benzene rings is 1. The number of carboxylic acids is 1. The molecule has 2 atom stereocenters. The van der Waals surface area contributed by atoms with Gasteiger partial charge in [-0.1, -0.05) is 30.3 Å². The predicted octanol–water partition coefficient (Wildman–Crippen LogP) is 1.96. The Balaban J connectivity index is 1.66. The molecule has 2 rings (SSSR count). The molecule has 1 fully saturated rings. The molecule has 5 heteroatoms. The Morgan fingerprint density at radius 3 is 2.77 bits per heavy atom. The normalized spacial score (nSPS) is 19.1. The molecule has 1 aliphatic rings. The number of hydrogen-bond donors (Lipinski definition) is 1. The zero-order valence-electron chi connectivity index (χ0n) is 12.9. The van der Waals surface area contributed by atoms with Gasteiger partial charge in [-0.05, 0) is 31.7 Å². The second kappa shape index (κ2) is 7.94. The van der Waals surface area contributed by atoms with Gasteiger partial charge in [0.1, 0.15) is 5.92 Å². The molecular formula is C17H23NO4. The molecule has 0 aliphatic carbocycles. The third kappa shape index (κ3) is 4.56. The molecule has 1 heterocycles. The topological polar surface area (TPSA) is 66.8 Å². The second-order valence-corrected chi connectivity index (χ2v) is 5.71. The third-order valence-corrected chi connectivity index (χ3v) is 4.00. The van der Waals surface area contributed by atoms with E-state index in [0.717, 1.165) is 19.3 Å². The standard InChI is InChI=1S/C17H23NO4/c1-13(17(20)21)16(19)18-10-9-15(12-18)22-11-5-8-14-6-3-2-4-7-14/h2-4,6-7,13,15H,5,8-12H2,1H3,(H,20,21). The molecule has 1 aliphatic heterocycles. The number of ether oxygens (including phenoxy) is 1. The Hall–Kier alpha value is -1.88. The van der Waals surface area contributed by atoms with Gasteiger partial charge < -0.3 is 14.7 Å². The van der Waals surface area contributed by atoms with Crippen molar-refractivity contribution >= 4 is 11.9 Å². The number of likely N-dealkylation sites (tertiary alicyclic amines) is 1. The summed E-state index contributed by atoms with van der Waals surface area (Å²) >= 11 is 0.